The van der Waals surface area contributed by atoms with Crippen molar-refractivity contribution in [3.8, 4) is 15.4 Å². The molecule has 372 valence electrons. The lowest BCUT2D eigenvalue weighted by atomic mass is 9.85. The molecule has 19 heteroatoms. The van der Waals surface area contributed by atoms with Gasteiger partial charge in [0, 0.05) is 86.2 Å². The van der Waals surface area contributed by atoms with Crippen molar-refractivity contribution in [1.82, 2.24) is 50.4 Å². The molecule has 4 atom stereocenters. The van der Waals surface area contributed by atoms with E-state index in [1.165, 1.54) is 9.78 Å². The molecule has 5 aromatic rings. The number of nitrogens with one attached hydrogen (secondary N) is 3. The molecule has 1 unspecified atom stereocenters. The summed E-state index contributed by atoms with van der Waals surface area (Å²) in [5, 5.41) is 30.3. The number of rotatable bonds is 16. The molecule has 0 aliphatic carbocycles. The third-order valence-corrected chi connectivity index (χ3v) is 16.0. The molecule has 8 rings (SSSR count). The summed E-state index contributed by atoms with van der Waals surface area (Å²) in [5.74, 6) is 0.325. The highest BCUT2D eigenvalue weighted by atomic mass is 35.5. The number of β-amino-alcohol motifs (C(OH)–C–C–N with tert-alkyl or cyclic N) is 1. The number of fused-ring (bicyclic) bond motifs is 3. The van der Waals surface area contributed by atoms with E-state index in [4.69, 9.17) is 16.6 Å². The zero-order chi connectivity index (χ0) is 49.9. The highest BCUT2D eigenvalue weighted by molar-refractivity contribution is 7.15. The Labute approximate surface area is 422 Å². The van der Waals surface area contributed by atoms with Crippen LogP contribution in [0.2, 0.25) is 5.02 Å². The fourth-order valence-electron chi connectivity index (χ4n) is 9.42. The van der Waals surface area contributed by atoms with E-state index in [0.717, 1.165) is 94.1 Å². The summed E-state index contributed by atoms with van der Waals surface area (Å²) in [4.78, 5) is 72.6. The van der Waals surface area contributed by atoms with Crippen LogP contribution in [0.4, 0.5) is 0 Å². The Morgan fingerprint density at radius 2 is 1.57 bits per heavy atom. The molecular weight excluding hydrogens is 946 g/mol. The molecule has 0 saturated carbocycles. The summed E-state index contributed by atoms with van der Waals surface area (Å²) in [6, 6.07) is 13.3. The molecule has 16 nitrogen and oxygen atoms in total. The number of nitrogens with zero attached hydrogens (tertiary/aromatic N) is 8. The zero-order valence-corrected chi connectivity index (χ0v) is 43.4. The summed E-state index contributed by atoms with van der Waals surface area (Å²) in [6.45, 7) is 19.2. The third-order valence-electron chi connectivity index (χ3n) is 13.5. The maximum absolute atomic E-state index is 14.2. The molecule has 6 heterocycles. The molecule has 2 fully saturated rings. The number of aliphatic imine (C=N–C) groups is 1. The second-order valence-corrected chi connectivity index (χ2v) is 22.2. The normalized spacial score (nSPS) is 19.0. The van der Waals surface area contributed by atoms with E-state index in [2.05, 4.69) is 59.3 Å². The molecule has 4 amide bonds. The molecule has 4 N–H and O–H groups in total. The fourth-order valence-corrected chi connectivity index (χ4v) is 11.6. The van der Waals surface area contributed by atoms with Gasteiger partial charge in [0.2, 0.25) is 23.6 Å². The van der Waals surface area contributed by atoms with Crippen LogP contribution < -0.4 is 16.0 Å². The monoisotopic (exact) mass is 1010 g/mol. The Balaban J connectivity index is 0.775. The van der Waals surface area contributed by atoms with Crippen molar-refractivity contribution in [2.24, 2.45) is 10.4 Å². The lowest BCUT2D eigenvalue weighted by molar-refractivity contribution is -0.144. The van der Waals surface area contributed by atoms with Crippen molar-refractivity contribution in [2.45, 2.75) is 105 Å². The lowest BCUT2D eigenvalue weighted by Crippen LogP contribution is -2.58. The number of likely N-dealkylation sites (tertiary alicyclic amines) is 1. The van der Waals surface area contributed by atoms with Gasteiger partial charge < -0.3 is 35.8 Å². The average molecular weight is 1010 g/mol. The van der Waals surface area contributed by atoms with E-state index in [1.807, 2.05) is 88.7 Å². The first-order valence-electron chi connectivity index (χ1n) is 24.1. The van der Waals surface area contributed by atoms with E-state index in [9.17, 15) is 24.3 Å². The summed E-state index contributed by atoms with van der Waals surface area (Å²) in [5.41, 5.74) is 8.01. The van der Waals surface area contributed by atoms with Crippen molar-refractivity contribution in [1.29, 1.82) is 0 Å². The van der Waals surface area contributed by atoms with Crippen LogP contribution in [0.5, 0.6) is 0 Å². The topological polar surface area (TPSA) is 190 Å². The number of carbonyl (C=O) groups excluding carboxylic acids is 4. The minimum absolute atomic E-state index is 0.0159. The van der Waals surface area contributed by atoms with E-state index >= 15 is 0 Å². The van der Waals surface area contributed by atoms with Gasteiger partial charge in [-0.25, -0.2) is 4.98 Å². The highest BCUT2D eigenvalue weighted by Gasteiger charge is 2.44. The molecular formula is C51H64ClN11O5S2. The van der Waals surface area contributed by atoms with Crippen LogP contribution in [0.3, 0.4) is 0 Å². The minimum Gasteiger partial charge on any atom is -0.391 e. The van der Waals surface area contributed by atoms with Crippen molar-refractivity contribution >= 4 is 63.6 Å². The van der Waals surface area contributed by atoms with Crippen molar-refractivity contribution in [3.63, 3.8) is 0 Å². The summed E-state index contributed by atoms with van der Waals surface area (Å²) < 4.78 is 2.05. The van der Waals surface area contributed by atoms with Crippen LogP contribution in [0.1, 0.15) is 97.0 Å². The SMILES string of the molecule is Cc1ncsc1-c1ccc(CNC(=O)[C@@H]2C[C@@H](O)CN2C(=O)C(NC(=O)CCN2CCN(CCCNC(=O)C[C@@H]3N=C(c4ccc(Cl)cc4)c4c(sc(C)c4C)-n4c(C)nnc43)CC2)C(C)(C)C)cc1. The standard InChI is InChI=1S/C51H64ClN11O5S2/c1-30-32(3)70-50-43(30)44(35-13-15-37(52)16-14-35)56-39(47-59-58-33(4)63(47)50)26-42(66)53-18-8-19-60-21-23-61(24-22-60)20-17-41(65)57-46(51(5,6)7)49(68)62-28-38(64)25-40(62)48(67)54-27-34-9-11-36(12-10-34)45-31(2)55-29-69-45/h9-16,29,38-40,46,64H,8,17-28H2,1-7H3,(H,53,66)(H,54,67)(H,57,65)/t38-,39+,40+,46?/m1/s1. The Kier molecular flexibility index (Phi) is 16.0. The van der Waals surface area contributed by atoms with Gasteiger partial charge in [0.25, 0.3) is 0 Å². The van der Waals surface area contributed by atoms with E-state index in [0.29, 0.717) is 23.9 Å². The number of aryl methyl sites for hydroxylation is 3. The van der Waals surface area contributed by atoms with Gasteiger partial charge in [0.1, 0.15) is 29.0 Å². The predicted octanol–water partition coefficient (Wildman–Crippen LogP) is 5.94. The number of benzene rings is 2. The summed E-state index contributed by atoms with van der Waals surface area (Å²) in [6.07, 6.45) is 0.400. The Morgan fingerprint density at radius 3 is 2.24 bits per heavy atom. The maximum atomic E-state index is 14.2. The van der Waals surface area contributed by atoms with Crippen LogP contribution >= 0.6 is 34.3 Å². The van der Waals surface area contributed by atoms with Crippen LogP contribution in [-0.4, -0.2) is 139 Å². The first kappa shape index (κ1) is 51.0. The highest BCUT2D eigenvalue weighted by Crippen LogP contribution is 2.40. The fraction of sp³-hybridized carbons (Fsp3) is 0.490. The van der Waals surface area contributed by atoms with Gasteiger partial charge in [0.05, 0.1) is 34.3 Å². The second-order valence-electron chi connectivity index (χ2n) is 19.7. The predicted molar refractivity (Wildman–Crippen MR) is 275 cm³/mol. The molecule has 0 spiro atoms. The van der Waals surface area contributed by atoms with Crippen LogP contribution in [0.25, 0.3) is 15.4 Å². The number of hydrogen-bond acceptors (Lipinski definition) is 13. The average Bonchev–Trinajstić information content (AvgIpc) is 4.10. The van der Waals surface area contributed by atoms with Gasteiger partial charge in [-0.15, -0.1) is 32.9 Å². The first-order chi connectivity index (χ1) is 33.4. The molecule has 0 bridgehead atoms. The van der Waals surface area contributed by atoms with Gasteiger partial charge >= 0.3 is 0 Å². The van der Waals surface area contributed by atoms with Crippen LogP contribution in [0.15, 0.2) is 59.0 Å². The molecule has 3 aliphatic rings. The number of halogens is 1. The molecule has 3 aromatic heterocycles. The van der Waals surface area contributed by atoms with Gasteiger partial charge in [0.15, 0.2) is 5.82 Å². The third kappa shape index (κ3) is 11.7. The van der Waals surface area contributed by atoms with E-state index in [1.54, 1.807) is 22.7 Å². The number of amides is 4. The minimum atomic E-state index is -0.889. The zero-order valence-electron chi connectivity index (χ0n) is 41.1. The Hall–Kier alpha value is -5.37. The maximum Gasteiger partial charge on any atom is 0.246 e. The van der Waals surface area contributed by atoms with Crippen molar-refractivity contribution in [3.05, 3.63) is 104 Å². The molecule has 3 aliphatic heterocycles. The number of aromatic nitrogens is 4. The van der Waals surface area contributed by atoms with E-state index < -0.39 is 29.6 Å². The van der Waals surface area contributed by atoms with Crippen molar-refractivity contribution < 1.29 is 24.3 Å². The lowest BCUT2D eigenvalue weighted by Gasteiger charge is -2.36. The summed E-state index contributed by atoms with van der Waals surface area (Å²) in [7, 11) is 0. The van der Waals surface area contributed by atoms with Gasteiger partial charge in [-0.3, -0.25) is 28.7 Å². The second kappa shape index (κ2) is 22.0. The van der Waals surface area contributed by atoms with Crippen LogP contribution in [0, 0.1) is 33.1 Å². The van der Waals surface area contributed by atoms with Crippen molar-refractivity contribution in [2.75, 3.05) is 52.4 Å². The van der Waals surface area contributed by atoms with Gasteiger partial charge in [-0.1, -0.05) is 68.8 Å². The Bertz CT molecular complexity index is 2720. The van der Waals surface area contributed by atoms with Gasteiger partial charge in [-0.05, 0) is 74.9 Å². The molecule has 2 saturated heterocycles. The van der Waals surface area contributed by atoms with E-state index in [-0.39, 0.29) is 56.0 Å². The number of thiazole rings is 1. The number of piperazine rings is 1. The number of thiophene rings is 1. The number of aliphatic hydroxyl groups is 1. The summed E-state index contributed by atoms with van der Waals surface area (Å²) >= 11 is 9.52. The first-order valence-corrected chi connectivity index (χ1v) is 26.1. The Morgan fingerprint density at radius 1 is 0.886 bits per heavy atom. The molecule has 70 heavy (non-hydrogen) atoms. The quantitative estimate of drug-likeness (QED) is 0.0861. The molecule has 0 radical (unpaired) electrons. The smallest absolute Gasteiger partial charge is 0.246 e. The number of aliphatic hydroxyl groups excluding tert-OH is 1. The molecule has 2 aromatic carbocycles. The van der Waals surface area contributed by atoms with Gasteiger partial charge in [-0.2, -0.15) is 0 Å². The van der Waals surface area contributed by atoms with Crippen LogP contribution in [-0.2, 0) is 25.7 Å². The number of carbonyl (C=O) groups is 4. The largest absolute Gasteiger partial charge is 0.391 e. The number of hydrogen-bond donors (Lipinski definition) is 4.